The molecule has 0 fully saturated rings. The van der Waals surface area contributed by atoms with E-state index in [0.29, 0.717) is 5.75 Å². The number of nitrogens with two attached hydrogens (primary N) is 1. The SMILES string of the molecule is COc1ccc(C(O)C(CN)c2ccccc2F)c(F)c1. The largest absolute Gasteiger partial charge is 0.497 e. The van der Waals surface area contributed by atoms with Crippen LogP contribution in [0.5, 0.6) is 5.75 Å². The first-order valence-corrected chi connectivity index (χ1v) is 6.54. The average Bonchev–Trinajstić information content (AvgIpc) is 2.49. The van der Waals surface area contributed by atoms with Gasteiger partial charge in [-0.15, -0.1) is 0 Å². The summed E-state index contributed by atoms with van der Waals surface area (Å²) in [5.41, 5.74) is 5.98. The zero-order chi connectivity index (χ0) is 15.4. The first-order valence-electron chi connectivity index (χ1n) is 6.54. The third-order valence-corrected chi connectivity index (χ3v) is 3.47. The monoisotopic (exact) mass is 293 g/mol. The van der Waals surface area contributed by atoms with Crippen molar-refractivity contribution >= 4 is 0 Å². The maximum Gasteiger partial charge on any atom is 0.132 e. The molecule has 0 bridgehead atoms. The molecule has 0 saturated carbocycles. The first kappa shape index (κ1) is 15.4. The van der Waals surface area contributed by atoms with Crippen LogP contribution < -0.4 is 10.5 Å². The Morgan fingerprint density at radius 2 is 1.81 bits per heavy atom. The van der Waals surface area contributed by atoms with Crippen LogP contribution >= 0.6 is 0 Å². The average molecular weight is 293 g/mol. The van der Waals surface area contributed by atoms with E-state index in [1.54, 1.807) is 12.1 Å². The van der Waals surface area contributed by atoms with E-state index in [4.69, 9.17) is 10.5 Å². The molecule has 0 amide bonds. The maximum atomic E-state index is 14.0. The molecule has 0 aromatic heterocycles. The minimum atomic E-state index is -1.24. The lowest BCUT2D eigenvalue weighted by Crippen LogP contribution is -2.22. The van der Waals surface area contributed by atoms with Crippen LogP contribution in [0.4, 0.5) is 8.78 Å². The highest BCUT2D eigenvalue weighted by atomic mass is 19.1. The third kappa shape index (κ3) is 3.20. The summed E-state index contributed by atoms with van der Waals surface area (Å²) in [6.07, 6.45) is -1.24. The fraction of sp³-hybridized carbons (Fsp3) is 0.250. The lowest BCUT2D eigenvalue weighted by Gasteiger charge is -2.23. The van der Waals surface area contributed by atoms with Gasteiger partial charge in [0.1, 0.15) is 17.4 Å². The fourth-order valence-electron chi connectivity index (χ4n) is 2.29. The zero-order valence-electron chi connectivity index (χ0n) is 11.6. The van der Waals surface area contributed by atoms with Crippen molar-refractivity contribution in [2.75, 3.05) is 13.7 Å². The number of rotatable bonds is 5. The molecule has 2 aromatic carbocycles. The molecule has 112 valence electrons. The van der Waals surface area contributed by atoms with Gasteiger partial charge >= 0.3 is 0 Å². The van der Waals surface area contributed by atoms with Crippen molar-refractivity contribution in [3.63, 3.8) is 0 Å². The lowest BCUT2D eigenvalue weighted by molar-refractivity contribution is 0.141. The number of hydrogen-bond donors (Lipinski definition) is 2. The summed E-state index contributed by atoms with van der Waals surface area (Å²) in [5.74, 6) is -1.47. The maximum absolute atomic E-state index is 14.0. The summed E-state index contributed by atoms with van der Waals surface area (Å²) in [7, 11) is 1.42. The molecule has 0 aliphatic carbocycles. The van der Waals surface area contributed by atoms with Gasteiger partial charge < -0.3 is 15.6 Å². The minimum Gasteiger partial charge on any atom is -0.497 e. The second-order valence-corrected chi connectivity index (χ2v) is 4.70. The van der Waals surface area contributed by atoms with E-state index in [-0.39, 0.29) is 17.7 Å². The minimum absolute atomic E-state index is 0.00638. The molecule has 3 N–H and O–H groups in total. The number of methoxy groups -OCH3 is 1. The van der Waals surface area contributed by atoms with E-state index >= 15 is 0 Å². The fourth-order valence-corrected chi connectivity index (χ4v) is 2.29. The van der Waals surface area contributed by atoms with Gasteiger partial charge in [0.05, 0.1) is 13.2 Å². The molecule has 5 heteroatoms. The van der Waals surface area contributed by atoms with Crippen molar-refractivity contribution in [2.24, 2.45) is 5.73 Å². The highest BCUT2D eigenvalue weighted by molar-refractivity contribution is 5.33. The van der Waals surface area contributed by atoms with E-state index in [1.165, 1.54) is 37.4 Å². The zero-order valence-corrected chi connectivity index (χ0v) is 11.6. The van der Waals surface area contributed by atoms with Gasteiger partial charge in [-0.2, -0.15) is 0 Å². The molecule has 2 aromatic rings. The molecule has 0 aliphatic heterocycles. The van der Waals surface area contributed by atoms with Crippen molar-refractivity contribution in [1.82, 2.24) is 0 Å². The number of ether oxygens (including phenoxy) is 1. The molecule has 2 atom stereocenters. The Bertz CT molecular complexity index is 619. The molecule has 21 heavy (non-hydrogen) atoms. The van der Waals surface area contributed by atoms with Gasteiger partial charge in [0.25, 0.3) is 0 Å². The summed E-state index contributed by atoms with van der Waals surface area (Å²) in [4.78, 5) is 0. The van der Waals surface area contributed by atoms with E-state index in [1.807, 2.05) is 0 Å². The quantitative estimate of drug-likeness (QED) is 0.891. The topological polar surface area (TPSA) is 55.5 Å². The second kappa shape index (κ2) is 6.65. The van der Waals surface area contributed by atoms with E-state index < -0.39 is 23.7 Å². The highest BCUT2D eigenvalue weighted by Crippen LogP contribution is 2.33. The number of aliphatic hydroxyl groups is 1. The summed E-state index contributed by atoms with van der Waals surface area (Å²) < 4.78 is 32.8. The molecule has 0 radical (unpaired) electrons. The van der Waals surface area contributed by atoms with Crippen molar-refractivity contribution in [2.45, 2.75) is 12.0 Å². The van der Waals surface area contributed by atoms with Gasteiger partial charge in [-0.25, -0.2) is 8.78 Å². The molecule has 0 spiro atoms. The van der Waals surface area contributed by atoms with Gasteiger partial charge in [-0.05, 0) is 23.8 Å². The van der Waals surface area contributed by atoms with Gasteiger partial charge in [-0.3, -0.25) is 0 Å². The standard InChI is InChI=1S/C16H17F2NO2/c1-21-10-6-7-12(15(18)8-10)16(20)13(9-19)11-4-2-3-5-14(11)17/h2-8,13,16,20H,9,19H2,1H3. The number of benzene rings is 2. The van der Waals surface area contributed by atoms with Crippen molar-refractivity contribution in [1.29, 1.82) is 0 Å². The number of halogens is 2. The highest BCUT2D eigenvalue weighted by Gasteiger charge is 2.26. The van der Waals surface area contributed by atoms with Crippen LogP contribution in [0.1, 0.15) is 23.1 Å². The summed E-state index contributed by atoms with van der Waals surface area (Å²) in [6, 6.07) is 10.2. The molecule has 0 heterocycles. The van der Waals surface area contributed by atoms with Crippen LogP contribution in [-0.2, 0) is 0 Å². The third-order valence-electron chi connectivity index (χ3n) is 3.47. The Morgan fingerprint density at radius 1 is 1.10 bits per heavy atom. The van der Waals surface area contributed by atoms with Crippen LogP contribution in [-0.4, -0.2) is 18.8 Å². The van der Waals surface area contributed by atoms with Gasteiger partial charge in [0.15, 0.2) is 0 Å². The molecular weight excluding hydrogens is 276 g/mol. The Kier molecular flexibility index (Phi) is 4.88. The smallest absolute Gasteiger partial charge is 0.132 e. The Labute approximate surface area is 122 Å². The predicted octanol–water partition coefficient (Wildman–Crippen LogP) is 2.75. The molecule has 0 saturated heterocycles. The molecule has 3 nitrogen and oxygen atoms in total. The second-order valence-electron chi connectivity index (χ2n) is 4.70. The van der Waals surface area contributed by atoms with E-state index in [2.05, 4.69) is 0 Å². The molecule has 0 aliphatic rings. The van der Waals surface area contributed by atoms with E-state index in [9.17, 15) is 13.9 Å². The van der Waals surface area contributed by atoms with Crippen molar-refractivity contribution < 1.29 is 18.6 Å². The molecule has 2 unspecified atom stereocenters. The van der Waals surface area contributed by atoms with Crippen LogP contribution in [0.15, 0.2) is 42.5 Å². The Morgan fingerprint density at radius 3 is 2.38 bits per heavy atom. The van der Waals surface area contributed by atoms with Gasteiger partial charge in [-0.1, -0.05) is 18.2 Å². The van der Waals surface area contributed by atoms with Crippen LogP contribution in [0, 0.1) is 11.6 Å². The molecular formula is C16H17F2NO2. The normalized spacial score (nSPS) is 13.8. The summed E-state index contributed by atoms with van der Waals surface area (Å²) in [6.45, 7) is -0.00638. The van der Waals surface area contributed by atoms with Crippen molar-refractivity contribution in [3.8, 4) is 5.75 Å². The summed E-state index contributed by atoms with van der Waals surface area (Å²) >= 11 is 0. The molecule has 2 rings (SSSR count). The predicted molar refractivity (Wildman–Crippen MR) is 76.1 cm³/mol. The van der Waals surface area contributed by atoms with Crippen molar-refractivity contribution in [3.05, 3.63) is 65.2 Å². The van der Waals surface area contributed by atoms with Crippen LogP contribution in [0.2, 0.25) is 0 Å². The Balaban J connectivity index is 2.37. The lowest BCUT2D eigenvalue weighted by atomic mass is 9.88. The Hall–Kier alpha value is -1.98. The van der Waals surface area contributed by atoms with Crippen LogP contribution in [0.3, 0.4) is 0 Å². The van der Waals surface area contributed by atoms with E-state index in [0.717, 1.165) is 0 Å². The van der Waals surface area contributed by atoms with Gasteiger partial charge in [0, 0.05) is 24.1 Å². The van der Waals surface area contributed by atoms with Crippen LogP contribution in [0.25, 0.3) is 0 Å². The van der Waals surface area contributed by atoms with Gasteiger partial charge in [0.2, 0.25) is 0 Å². The number of hydrogen-bond acceptors (Lipinski definition) is 3. The first-order chi connectivity index (χ1) is 10.1. The number of aliphatic hydroxyl groups excluding tert-OH is 1. The summed E-state index contributed by atoms with van der Waals surface area (Å²) in [5, 5.41) is 10.4.